The lowest BCUT2D eigenvalue weighted by Crippen LogP contribution is -2.43. The Balaban J connectivity index is 2.99. The van der Waals surface area contributed by atoms with Gasteiger partial charge in [0, 0.05) is 13.1 Å². The van der Waals surface area contributed by atoms with Gasteiger partial charge in [0.05, 0.1) is 11.6 Å². The summed E-state index contributed by atoms with van der Waals surface area (Å²) in [5, 5.41) is 7.51. The number of urea groups is 1. The van der Waals surface area contributed by atoms with Crippen LogP contribution < -0.4 is 16.0 Å². The van der Waals surface area contributed by atoms with Gasteiger partial charge in [-0.3, -0.25) is 0 Å². The van der Waals surface area contributed by atoms with Gasteiger partial charge in [-0.25, -0.2) is 9.59 Å². The van der Waals surface area contributed by atoms with Crippen molar-refractivity contribution in [1.29, 1.82) is 0 Å². The minimum absolute atomic E-state index is 0.105. The highest BCUT2D eigenvalue weighted by atomic mass is 19.4. The molecule has 6 nitrogen and oxygen atoms in total. The third-order valence-electron chi connectivity index (χ3n) is 3.11. The van der Waals surface area contributed by atoms with Gasteiger partial charge in [0.2, 0.25) is 0 Å². The predicted octanol–water partition coefficient (Wildman–Crippen LogP) is 3.59. The Morgan fingerprint density at radius 2 is 1.81 bits per heavy atom. The van der Waals surface area contributed by atoms with Crippen LogP contribution >= 0.6 is 0 Å². The van der Waals surface area contributed by atoms with Crippen molar-refractivity contribution >= 4 is 12.1 Å². The normalized spacial score (nSPS) is 12.9. The van der Waals surface area contributed by atoms with Gasteiger partial charge in [0.15, 0.2) is 0 Å². The lowest BCUT2D eigenvalue weighted by molar-refractivity contribution is -0.137. The van der Waals surface area contributed by atoms with Crippen molar-refractivity contribution in [3.8, 4) is 0 Å². The van der Waals surface area contributed by atoms with Gasteiger partial charge in [-0.15, -0.1) is 0 Å². The zero-order valence-electron chi connectivity index (χ0n) is 15.2. The maximum atomic E-state index is 12.9. The molecule has 3 amide bonds. The first kappa shape index (κ1) is 21.6. The van der Waals surface area contributed by atoms with Crippen molar-refractivity contribution in [1.82, 2.24) is 16.0 Å². The summed E-state index contributed by atoms with van der Waals surface area (Å²) in [6, 6.07) is 3.17. The summed E-state index contributed by atoms with van der Waals surface area (Å²) >= 11 is 0. The molecule has 0 aromatic heterocycles. The van der Waals surface area contributed by atoms with Gasteiger partial charge in [0.25, 0.3) is 0 Å². The average molecular weight is 375 g/mol. The topological polar surface area (TPSA) is 79.5 Å². The molecule has 26 heavy (non-hydrogen) atoms. The largest absolute Gasteiger partial charge is 0.444 e. The smallest absolute Gasteiger partial charge is 0.416 e. The van der Waals surface area contributed by atoms with E-state index in [2.05, 4.69) is 16.0 Å². The SMILES string of the molecule is CCNC(=O)NCC(NC(=O)OC(C)(C)C)c1cccc(C(F)(F)F)c1. The van der Waals surface area contributed by atoms with Crippen LogP contribution in [0.4, 0.5) is 22.8 Å². The Hall–Kier alpha value is -2.45. The number of nitrogens with one attached hydrogen (secondary N) is 3. The fourth-order valence-corrected chi connectivity index (χ4v) is 2.05. The molecule has 1 aromatic carbocycles. The van der Waals surface area contributed by atoms with Gasteiger partial charge in [-0.2, -0.15) is 13.2 Å². The molecular formula is C17H24F3N3O3. The maximum absolute atomic E-state index is 12.9. The van der Waals surface area contributed by atoms with Crippen LogP contribution in [0, 0.1) is 0 Å². The Morgan fingerprint density at radius 3 is 2.35 bits per heavy atom. The van der Waals surface area contributed by atoms with Crippen LogP contribution in [0.3, 0.4) is 0 Å². The number of carbonyl (C=O) groups excluding carboxylic acids is 2. The van der Waals surface area contributed by atoms with E-state index in [0.717, 1.165) is 12.1 Å². The van der Waals surface area contributed by atoms with Gasteiger partial charge < -0.3 is 20.7 Å². The van der Waals surface area contributed by atoms with Crippen molar-refractivity contribution in [2.24, 2.45) is 0 Å². The Kier molecular flexibility index (Phi) is 7.29. The molecule has 0 aliphatic heterocycles. The first-order valence-electron chi connectivity index (χ1n) is 8.10. The standard InChI is InChI=1S/C17H24F3N3O3/c1-5-21-14(24)22-10-13(23-15(25)26-16(2,3)4)11-7-6-8-12(9-11)17(18,19)20/h6-9,13H,5,10H2,1-4H3,(H,23,25)(H2,21,22,24). The molecule has 0 fully saturated rings. The lowest BCUT2D eigenvalue weighted by atomic mass is 10.0. The zero-order valence-corrected chi connectivity index (χ0v) is 15.2. The van der Waals surface area contributed by atoms with Crippen LogP contribution in [0.5, 0.6) is 0 Å². The number of ether oxygens (including phenoxy) is 1. The Labute approximate surface area is 150 Å². The minimum atomic E-state index is -4.51. The summed E-state index contributed by atoms with van der Waals surface area (Å²) in [6.45, 7) is 7.01. The van der Waals surface area contributed by atoms with Gasteiger partial charge in [-0.1, -0.05) is 12.1 Å². The summed E-state index contributed by atoms with van der Waals surface area (Å²) in [5.41, 5.74) is -1.42. The molecule has 3 N–H and O–H groups in total. The second kappa shape index (κ2) is 8.77. The molecule has 0 aliphatic carbocycles. The van der Waals surface area contributed by atoms with E-state index >= 15 is 0 Å². The fraction of sp³-hybridized carbons (Fsp3) is 0.529. The summed E-state index contributed by atoms with van der Waals surface area (Å²) < 4.78 is 44.0. The summed E-state index contributed by atoms with van der Waals surface area (Å²) in [4.78, 5) is 23.6. The van der Waals surface area contributed by atoms with Crippen LogP contribution in [0.25, 0.3) is 0 Å². The molecule has 0 bridgehead atoms. The van der Waals surface area contributed by atoms with E-state index in [1.165, 1.54) is 12.1 Å². The molecule has 1 unspecified atom stereocenters. The first-order valence-corrected chi connectivity index (χ1v) is 8.10. The molecule has 0 heterocycles. The Morgan fingerprint density at radius 1 is 1.15 bits per heavy atom. The van der Waals surface area contributed by atoms with Crippen LogP contribution in [0.2, 0.25) is 0 Å². The van der Waals surface area contributed by atoms with Crippen LogP contribution in [-0.4, -0.2) is 30.8 Å². The average Bonchev–Trinajstić information content (AvgIpc) is 2.49. The quantitative estimate of drug-likeness (QED) is 0.736. The summed E-state index contributed by atoms with van der Waals surface area (Å²) in [7, 11) is 0. The highest BCUT2D eigenvalue weighted by Gasteiger charge is 2.31. The molecule has 146 valence electrons. The Bertz CT molecular complexity index is 628. The van der Waals surface area contributed by atoms with Crippen molar-refractivity contribution in [2.75, 3.05) is 13.1 Å². The number of rotatable bonds is 5. The van der Waals surface area contributed by atoms with E-state index in [9.17, 15) is 22.8 Å². The lowest BCUT2D eigenvalue weighted by Gasteiger charge is -2.24. The van der Waals surface area contributed by atoms with Crippen molar-refractivity contribution in [3.63, 3.8) is 0 Å². The summed E-state index contributed by atoms with van der Waals surface area (Å²) in [6.07, 6.45) is -5.31. The van der Waals surface area contributed by atoms with E-state index in [1.54, 1.807) is 27.7 Å². The van der Waals surface area contributed by atoms with Crippen molar-refractivity contribution < 1.29 is 27.5 Å². The molecule has 1 atom stereocenters. The number of hydrogen-bond donors (Lipinski definition) is 3. The number of benzene rings is 1. The number of alkyl carbamates (subject to hydrolysis) is 1. The van der Waals surface area contributed by atoms with Crippen LogP contribution in [-0.2, 0) is 10.9 Å². The highest BCUT2D eigenvalue weighted by molar-refractivity contribution is 5.74. The molecule has 0 spiro atoms. The predicted molar refractivity (Wildman–Crippen MR) is 90.6 cm³/mol. The van der Waals surface area contributed by atoms with E-state index in [4.69, 9.17) is 4.74 Å². The van der Waals surface area contributed by atoms with Gasteiger partial charge >= 0.3 is 18.3 Å². The second-order valence-corrected chi connectivity index (χ2v) is 6.56. The van der Waals surface area contributed by atoms with E-state index < -0.39 is 35.5 Å². The van der Waals surface area contributed by atoms with Gasteiger partial charge in [-0.05, 0) is 45.4 Å². The van der Waals surface area contributed by atoms with E-state index in [-0.39, 0.29) is 12.1 Å². The van der Waals surface area contributed by atoms with Crippen molar-refractivity contribution in [3.05, 3.63) is 35.4 Å². The molecule has 0 radical (unpaired) electrons. The molecule has 0 saturated carbocycles. The van der Waals surface area contributed by atoms with Gasteiger partial charge in [0.1, 0.15) is 5.60 Å². The van der Waals surface area contributed by atoms with Crippen LogP contribution in [0.15, 0.2) is 24.3 Å². The minimum Gasteiger partial charge on any atom is -0.444 e. The second-order valence-electron chi connectivity index (χ2n) is 6.56. The summed E-state index contributed by atoms with van der Waals surface area (Å²) in [5.74, 6) is 0. The maximum Gasteiger partial charge on any atom is 0.416 e. The molecule has 9 heteroatoms. The monoisotopic (exact) mass is 375 g/mol. The third-order valence-corrected chi connectivity index (χ3v) is 3.11. The molecule has 1 aromatic rings. The fourth-order valence-electron chi connectivity index (χ4n) is 2.05. The molecule has 1 rings (SSSR count). The highest BCUT2D eigenvalue weighted by Crippen LogP contribution is 2.30. The van der Waals surface area contributed by atoms with E-state index in [0.29, 0.717) is 6.54 Å². The molecular weight excluding hydrogens is 351 g/mol. The molecule has 0 saturated heterocycles. The first-order chi connectivity index (χ1) is 11.9. The zero-order chi connectivity index (χ0) is 20.0. The van der Waals surface area contributed by atoms with Crippen LogP contribution in [0.1, 0.15) is 44.9 Å². The number of halogens is 3. The number of alkyl halides is 3. The number of carbonyl (C=O) groups is 2. The molecule has 0 aliphatic rings. The number of amides is 3. The van der Waals surface area contributed by atoms with Crippen molar-refractivity contribution in [2.45, 2.75) is 45.5 Å². The number of hydrogen-bond acceptors (Lipinski definition) is 3. The van der Waals surface area contributed by atoms with E-state index in [1.807, 2.05) is 0 Å². The third kappa shape index (κ3) is 7.62.